The van der Waals surface area contributed by atoms with Crippen LogP contribution in [-0.4, -0.2) is 21.2 Å². The number of halogens is 3. The van der Waals surface area contributed by atoms with Gasteiger partial charge < -0.3 is 9.88 Å². The van der Waals surface area contributed by atoms with Crippen LogP contribution in [0.15, 0.2) is 34.2 Å². The van der Waals surface area contributed by atoms with Crippen LogP contribution < -0.4 is 10.9 Å². The summed E-state index contributed by atoms with van der Waals surface area (Å²) in [5, 5.41) is 3.02. The highest BCUT2D eigenvalue weighted by atomic mass is 32.2. The van der Waals surface area contributed by atoms with Gasteiger partial charge in [-0.3, -0.25) is 9.59 Å². The molecule has 2 heterocycles. The molecule has 26 heavy (non-hydrogen) atoms. The van der Waals surface area contributed by atoms with Crippen molar-refractivity contribution in [2.24, 2.45) is 7.05 Å². The highest BCUT2D eigenvalue weighted by Gasteiger charge is 2.39. The molecule has 2 aromatic rings. The maximum Gasteiger partial charge on any atom is 0.416 e. The van der Waals surface area contributed by atoms with Crippen molar-refractivity contribution >= 4 is 23.5 Å². The molecule has 1 unspecified atom stereocenters. The summed E-state index contributed by atoms with van der Waals surface area (Å²) in [4.78, 5) is 28.8. The van der Waals surface area contributed by atoms with E-state index >= 15 is 0 Å². The lowest BCUT2D eigenvalue weighted by Gasteiger charge is -2.29. The van der Waals surface area contributed by atoms with Crippen molar-refractivity contribution in [2.45, 2.75) is 30.6 Å². The molecule has 5 nitrogen and oxygen atoms in total. The smallest absolute Gasteiger partial charge is 0.312 e. The maximum atomic E-state index is 13.4. The van der Waals surface area contributed by atoms with E-state index in [1.165, 1.54) is 30.0 Å². The molecular formula is C17H16F3N3O2S. The lowest BCUT2D eigenvalue weighted by molar-refractivity contribution is -0.138. The number of carbonyl (C=O) groups is 1. The number of thioether (sulfide) groups is 1. The van der Waals surface area contributed by atoms with E-state index in [0.29, 0.717) is 10.9 Å². The molecule has 0 fully saturated rings. The first-order valence-corrected chi connectivity index (χ1v) is 8.92. The number of carbonyl (C=O) groups excluding carboxylic acids is 1. The Hall–Kier alpha value is -2.29. The molecule has 1 aliphatic rings. The summed E-state index contributed by atoms with van der Waals surface area (Å²) in [6, 6.07) is 5.02. The fourth-order valence-electron chi connectivity index (χ4n) is 3.12. The summed E-state index contributed by atoms with van der Waals surface area (Å²) in [5.41, 5.74) is -1.47. The van der Waals surface area contributed by atoms with Gasteiger partial charge in [0.25, 0.3) is 5.56 Å². The number of alkyl halides is 3. The van der Waals surface area contributed by atoms with Crippen molar-refractivity contribution in [3.63, 3.8) is 0 Å². The van der Waals surface area contributed by atoms with E-state index in [0.717, 1.165) is 6.07 Å². The lowest BCUT2D eigenvalue weighted by atomic mass is 9.84. The number of anilines is 1. The average molecular weight is 383 g/mol. The quantitative estimate of drug-likeness (QED) is 0.652. The van der Waals surface area contributed by atoms with E-state index in [-0.39, 0.29) is 23.4 Å². The first-order chi connectivity index (χ1) is 12.2. The second kappa shape index (κ2) is 6.79. The lowest BCUT2D eigenvalue weighted by Crippen LogP contribution is -2.34. The molecule has 0 spiro atoms. The van der Waals surface area contributed by atoms with Gasteiger partial charge in [0, 0.05) is 19.4 Å². The minimum atomic E-state index is -4.58. The molecular weight excluding hydrogens is 367 g/mol. The van der Waals surface area contributed by atoms with Gasteiger partial charge in [0.05, 0.1) is 11.1 Å². The number of hydrogen-bond acceptors (Lipinski definition) is 4. The third-order valence-corrected chi connectivity index (χ3v) is 5.13. The van der Waals surface area contributed by atoms with Gasteiger partial charge in [0.1, 0.15) is 5.82 Å². The van der Waals surface area contributed by atoms with Gasteiger partial charge in [0.2, 0.25) is 5.91 Å². The van der Waals surface area contributed by atoms with Gasteiger partial charge in [-0.15, -0.1) is 0 Å². The summed E-state index contributed by atoms with van der Waals surface area (Å²) in [7, 11) is 1.63. The second-order valence-corrected chi connectivity index (χ2v) is 7.07. The summed E-state index contributed by atoms with van der Waals surface area (Å²) in [5.74, 6) is -0.566. The molecule has 0 radical (unpaired) electrons. The summed E-state index contributed by atoms with van der Waals surface area (Å²) in [6.07, 6.45) is -4.82. The number of rotatable bonds is 3. The topological polar surface area (TPSA) is 64.0 Å². The van der Waals surface area contributed by atoms with Crippen LogP contribution in [0.3, 0.4) is 0 Å². The van der Waals surface area contributed by atoms with Gasteiger partial charge in [-0.2, -0.15) is 18.2 Å². The number of aromatic nitrogens is 2. The minimum absolute atomic E-state index is 0.0873. The Morgan fingerprint density at radius 1 is 1.31 bits per heavy atom. The third kappa shape index (κ3) is 3.23. The molecule has 1 aromatic carbocycles. The van der Waals surface area contributed by atoms with Crippen LogP contribution in [0.5, 0.6) is 0 Å². The molecule has 0 saturated heterocycles. The molecule has 9 heteroatoms. The standard InChI is InChI=1S/C17H16F3N3O2S/c1-3-26-16-22-15(25)13-10(8-12(24)21-14(13)23(16)2)9-6-4-5-7-11(9)17(18,19)20/h4-7,10H,3,8H2,1-2H3,(H,21,24). The molecule has 3 rings (SSSR count). The zero-order valence-corrected chi connectivity index (χ0v) is 14.9. The average Bonchev–Trinajstić information content (AvgIpc) is 2.58. The van der Waals surface area contributed by atoms with Crippen molar-refractivity contribution in [1.82, 2.24) is 9.55 Å². The van der Waals surface area contributed by atoms with E-state index < -0.39 is 29.1 Å². The largest absolute Gasteiger partial charge is 0.416 e. The van der Waals surface area contributed by atoms with Crippen molar-refractivity contribution in [3.8, 4) is 0 Å². The van der Waals surface area contributed by atoms with Gasteiger partial charge in [-0.25, -0.2) is 0 Å². The minimum Gasteiger partial charge on any atom is -0.312 e. The zero-order chi connectivity index (χ0) is 19.1. The molecule has 1 amide bonds. The summed E-state index contributed by atoms with van der Waals surface area (Å²) >= 11 is 1.32. The number of hydrogen-bond donors (Lipinski definition) is 1. The Morgan fingerprint density at radius 3 is 2.65 bits per heavy atom. The SMILES string of the molecule is CCSc1nc(=O)c2c(n1C)NC(=O)CC2c1ccccc1C(F)(F)F. The normalized spacial score (nSPS) is 17.0. The number of amides is 1. The molecule has 0 bridgehead atoms. The van der Waals surface area contributed by atoms with Gasteiger partial charge in [-0.05, 0) is 17.4 Å². The van der Waals surface area contributed by atoms with E-state index in [4.69, 9.17) is 0 Å². The van der Waals surface area contributed by atoms with Crippen LogP contribution in [0.1, 0.15) is 36.0 Å². The van der Waals surface area contributed by atoms with Crippen LogP contribution in [-0.2, 0) is 18.0 Å². The molecule has 0 saturated carbocycles. The van der Waals surface area contributed by atoms with Crippen LogP contribution in [0, 0.1) is 0 Å². The molecule has 1 aliphatic heterocycles. The molecule has 0 aliphatic carbocycles. The Bertz CT molecular complexity index is 924. The van der Waals surface area contributed by atoms with Gasteiger partial charge >= 0.3 is 6.18 Å². The number of nitrogens with one attached hydrogen (secondary N) is 1. The monoisotopic (exact) mass is 383 g/mol. The fourth-order valence-corrected chi connectivity index (χ4v) is 3.81. The Balaban J connectivity index is 2.25. The maximum absolute atomic E-state index is 13.4. The Morgan fingerprint density at radius 2 is 2.00 bits per heavy atom. The number of benzene rings is 1. The van der Waals surface area contributed by atoms with E-state index in [1.807, 2.05) is 6.92 Å². The summed E-state index contributed by atoms with van der Waals surface area (Å²) < 4.78 is 41.8. The second-order valence-electron chi connectivity index (χ2n) is 5.84. The molecule has 138 valence electrons. The number of fused-ring (bicyclic) bond motifs is 1. The van der Waals surface area contributed by atoms with Crippen LogP contribution >= 0.6 is 11.8 Å². The van der Waals surface area contributed by atoms with Crippen LogP contribution in [0.2, 0.25) is 0 Å². The van der Waals surface area contributed by atoms with Crippen molar-refractivity contribution in [1.29, 1.82) is 0 Å². The highest BCUT2D eigenvalue weighted by Crippen LogP contribution is 2.41. The van der Waals surface area contributed by atoms with Crippen molar-refractivity contribution in [3.05, 3.63) is 51.3 Å². The third-order valence-electron chi connectivity index (χ3n) is 4.22. The fraction of sp³-hybridized carbons (Fsp3) is 0.353. The first-order valence-electron chi connectivity index (χ1n) is 7.93. The van der Waals surface area contributed by atoms with Crippen molar-refractivity contribution in [2.75, 3.05) is 11.1 Å². The summed E-state index contributed by atoms with van der Waals surface area (Å²) in [6.45, 7) is 1.89. The number of nitrogens with zero attached hydrogens (tertiary/aromatic N) is 2. The van der Waals surface area contributed by atoms with E-state index in [2.05, 4.69) is 10.3 Å². The van der Waals surface area contributed by atoms with Gasteiger partial charge in [-0.1, -0.05) is 36.9 Å². The van der Waals surface area contributed by atoms with Crippen LogP contribution in [0.25, 0.3) is 0 Å². The molecule has 1 aromatic heterocycles. The zero-order valence-electron chi connectivity index (χ0n) is 14.1. The van der Waals surface area contributed by atoms with Crippen molar-refractivity contribution < 1.29 is 18.0 Å². The van der Waals surface area contributed by atoms with Crippen LogP contribution in [0.4, 0.5) is 19.0 Å². The molecule has 1 N–H and O–H groups in total. The predicted octanol–water partition coefficient (Wildman–Crippen LogP) is 3.39. The van der Waals surface area contributed by atoms with E-state index in [9.17, 15) is 22.8 Å². The first kappa shape index (κ1) is 18.5. The Kier molecular flexibility index (Phi) is 4.83. The van der Waals surface area contributed by atoms with Gasteiger partial charge in [0.15, 0.2) is 5.16 Å². The predicted molar refractivity (Wildman–Crippen MR) is 92.4 cm³/mol. The molecule has 1 atom stereocenters. The van der Waals surface area contributed by atoms with E-state index in [1.54, 1.807) is 11.6 Å². The highest BCUT2D eigenvalue weighted by molar-refractivity contribution is 7.99. The Labute approximate surface area is 151 Å².